The lowest BCUT2D eigenvalue weighted by atomic mass is 9.88. The van der Waals surface area contributed by atoms with Crippen LogP contribution in [0.5, 0.6) is 17.2 Å². The molecule has 0 aromatic heterocycles. The van der Waals surface area contributed by atoms with Gasteiger partial charge in [0.05, 0.1) is 0 Å². The SMILES string of the molecule is O=C1Oc2cc(O)cc(O)c2C(=O)C1c1ccccc1. The molecule has 1 aliphatic rings. The number of rotatable bonds is 1. The van der Waals surface area contributed by atoms with E-state index in [1.807, 2.05) is 0 Å². The van der Waals surface area contributed by atoms with Gasteiger partial charge in [0.25, 0.3) is 0 Å². The highest BCUT2D eigenvalue weighted by Crippen LogP contribution is 2.40. The average molecular weight is 270 g/mol. The Balaban J connectivity index is 2.14. The molecule has 2 aromatic rings. The van der Waals surface area contributed by atoms with Crippen molar-refractivity contribution in [3.63, 3.8) is 0 Å². The molecule has 1 unspecified atom stereocenters. The van der Waals surface area contributed by atoms with E-state index in [1.54, 1.807) is 30.3 Å². The summed E-state index contributed by atoms with van der Waals surface area (Å²) in [6, 6.07) is 10.7. The molecule has 0 radical (unpaired) electrons. The number of ether oxygens (including phenoxy) is 1. The van der Waals surface area contributed by atoms with Crippen molar-refractivity contribution in [1.82, 2.24) is 0 Å². The van der Waals surface area contributed by atoms with Gasteiger partial charge < -0.3 is 14.9 Å². The third-order valence-corrected chi connectivity index (χ3v) is 3.15. The normalized spacial score (nSPS) is 17.5. The fourth-order valence-corrected chi connectivity index (χ4v) is 2.27. The van der Waals surface area contributed by atoms with Gasteiger partial charge in [0.15, 0.2) is 5.78 Å². The molecule has 0 amide bonds. The highest BCUT2D eigenvalue weighted by Gasteiger charge is 2.39. The van der Waals surface area contributed by atoms with Crippen LogP contribution >= 0.6 is 0 Å². The number of ketones is 1. The fraction of sp³-hybridized carbons (Fsp3) is 0.0667. The molecule has 5 nitrogen and oxygen atoms in total. The summed E-state index contributed by atoms with van der Waals surface area (Å²) in [6.45, 7) is 0. The van der Waals surface area contributed by atoms with Gasteiger partial charge in [-0.3, -0.25) is 9.59 Å². The van der Waals surface area contributed by atoms with E-state index in [0.29, 0.717) is 5.56 Å². The molecule has 0 saturated carbocycles. The Kier molecular flexibility index (Phi) is 2.68. The van der Waals surface area contributed by atoms with Crippen molar-refractivity contribution >= 4 is 11.8 Å². The first-order chi connectivity index (χ1) is 9.58. The summed E-state index contributed by atoms with van der Waals surface area (Å²) in [7, 11) is 0. The van der Waals surface area contributed by atoms with Gasteiger partial charge in [0, 0.05) is 12.1 Å². The highest BCUT2D eigenvalue weighted by molar-refractivity contribution is 6.18. The molecule has 100 valence electrons. The largest absolute Gasteiger partial charge is 0.508 e. The van der Waals surface area contributed by atoms with E-state index in [-0.39, 0.29) is 17.1 Å². The van der Waals surface area contributed by atoms with E-state index in [4.69, 9.17) is 4.74 Å². The van der Waals surface area contributed by atoms with Crippen molar-refractivity contribution in [3.05, 3.63) is 53.6 Å². The maximum absolute atomic E-state index is 12.4. The van der Waals surface area contributed by atoms with Gasteiger partial charge in [0.1, 0.15) is 28.7 Å². The predicted octanol–water partition coefficient (Wildman–Crippen LogP) is 1.98. The quantitative estimate of drug-likeness (QED) is 0.470. The minimum absolute atomic E-state index is 0.0868. The third-order valence-electron chi connectivity index (χ3n) is 3.15. The summed E-state index contributed by atoms with van der Waals surface area (Å²) in [5.41, 5.74) is 0.414. The summed E-state index contributed by atoms with van der Waals surface area (Å²) in [5.74, 6) is -3.17. The molecule has 0 bridgehead atoms. The average Bonchev–Trinajstić information content (AvgIpc) is 2.38. The van der Waals surface area contributed by atoms with Gasteiger partial charge in [-0.1, -0.05) is 30.3 Å². The zero-order valence-corrected chi connectivity index (χ0v) is 10.2. The van der Waals surface area contributed by atoms with E-state index in [0.717, 1.165) is 12.1 Å². The lowest BCUT2D eigenvalue weighted by Gasteiger charge is -2.23. The number of benzene rings is 2. The molecule has 2 aromatic carbocycles. The maximum Gasteiger partial charge on any atom is 0.326 e. The predicted molar refractivity (Wildman–Crippen MR) is 68.9 cm³/mol. The van der Waals surface area contributed by atoms with E-state index in [9.17, 15) is 19.8 Å². The van der Waals surface area contributed by atoms with E-state index in [2.05, 4.69) is 0 Å². The molecule has 0 fully saturated rings. The van der Waals surface area contributed by atoms with Gasteiger partial charge in [-0.05, 0) is 5.56 Å². The second kappa shape index (κ2) is 4.38. The molecule has 1 heterocycles. The Labute approximate surface area is 114 Å². The van der Waals surface area contributed by atoms with E-state index in [1.165, 1.54) is 0 Å². The zero-order valence-electron chi connectivity index (χ0n) is 10.2. The van der Waals surface area contributed by atoms with Crippen LogP contribution in [0.2, 0.25) is 0 Å². The molecule has 2 N–H and O–H groups in total. The number of hydrogen-bond donors (Lipinski definition) is 2. The topological polar surface area (TPSA) is 83.8 Å². The number of hydrogen-bond acceptors (Lipinski definition) is 5. The number of aromatic hydroxyl groups is 2. The van der Waals surface area contributed by atoms with Crippen molar-refractivity contribution in [3.8, 4) is 17.2 Å². The lowest BCUT2D eigenvalue weighted by Crippen LogP contribution is -2.31. The zero-order chi connectivity index (χ0) is 14.3. The van der Waals surface area contributed by atoms with E-state index < -0.39 is 23.4 Å². The summed E-state index contributed by atoms with van der Waals surface area (Å²) in [6.07, 6.45) is 0. The third kappa shape index (κ3) is 1.80. The smallest absolute Gasteiger partial charge is 0.326 e. The molecule has 20 heavy (non-hydrogen) atoms. The molecule has 0 aliphatic carbocycles. The van der Waals surface area contributed by atoms with Crippen molar-refractivity contribution in [2.45, 2.75) is 5.92 Å². The van der Waals surface area contributed by atoms with Crippen LogP contribution in [0.25, 0.3) is 0 Å². The van der Waals surface area contributed by atoms with Gasteiger partial charge in [-0.25, -0.2) is 0 Å². The van der Waals surface area contributed by atoms with E-state index >= 15 is 0 Å². The summed E-state index contributed by atoms with van der Waals surface area (Å²) in [4.78, 5) is 24.4. The molecule has 1 atom stereocenters. The molecule has 0 spiro atoms. The maximum atomic E-state index is 12.4. The number of esters is 1. The first kappa shape index (κ1) is 12.2. The highest BCUT2D eigenvalue weighted by atomic mass is 16.5. The Morgan fingerprint density at radius 1 is 1.00 bits per heavy atom. The first-order valence-corrected chi connectivity index (χ1v) is 5.95. The summed E-state index contributed by atoms with van der Waals surface area (Å²) in [5, 5.41) is 19.1. The molecule has 3 rings (SSSR count). The van der Waals surface area contributed by atoms with Crippen LogP contribution in [0.4, 0.5) is 0 Å². The minimum Gasteiger partial charge on any atom is -0.508 e. The minimum atomic E-state index is -1.10. The van der Waals surface area contributed by atoms with Crippen molar-refractivity contribution < 1.29 is 24.5 Å². The van der Waals surface area contributed by atoms with Crippen LogP contribution in [0, 0.1) is 0 Å². The number of carbonyl (C=O) groups excluding carboxylic acids is 2. The fourth-order valence-electron chi connectivity index (χ4n) is 2.27. The van der Waals surface area contributed by atoms with Gasteiger partial charge >= 0.3 is 5.97 Å². The standard InChI is InChI=1S/C15H10O5/c16-9-6-10(17)13-11(7-9)20-15(19)12(14(13)18)8-4-2-1-3-5-8/h1-7,12,16-17H. The molecule has 0 saturated heterocycles. The number of phenols is 2. The Hall–Kier alpha value is -2.82. The second-order valence-electron chi connectivity index (χ2n) is 4.47. The Morgan fingerprint density at radius 2 is 1.70 bits per heavy atom. The number of carbonyl (C=O) groups is 2. The second-order valence-corrected chi connectivity index (χ2v) is 4.47. The number of phenolic OH excluding ortho intramolecular Hbond substituents is 2. The van der Waals surface area contributed by atoms with Crippen molar-refractivity contribution in [1.29, 1.82) is 0 Å². The van der Waals surface area contributed by atoms with Gasteiger partial charge in [-0.2, -0.15) is 0 Å². The van der Waals surface area contributed by atoms with Crippen LogP contribution in [0.3, 0.4) is 0 Å². The lowest BCUT2D eigenvalue weighted by molar-refractivity contribution is -0.135. The number of Topliss-reactive ketones (excluding diaryl/α,β-unsaturated/α-hetero) is 1. The van der Waals surface area contributed by atoms with Gasteiger partial charge in [-0.15, -0.1) is 0 Å². The summed E-state index contributed by atoms with van der Waals surface area (Å²) >= 11 is 0. The molecular weight excluding hydrogens is 260 g/mol. The van der Waals surface area contributed by atoms with Crippen LogP contribution in [-0.4, -0.2) is 22.0 Å². The van der Waals surface area contributed by atoms with Crippen molar-refractivity contribution in [2.24, 2.45) is 0 Å². The Morgan fingerprint density at radius 3 is 2.40 bits per heavy atom. The number of fused-ring (bicyclic) bond motifs is 1. The first-order valence-electron chi connectivity index (χ1n) is 5.95. The van der Waals surface area contributed by atoms with Crippen molar-refractivity contribution in [2.75, 3.05) is 0 Å². The molecular formula is C15H10O5. The van der Waals surface area contributed by atoms with Crippen LogP contribution < -0.4 is 4.74 Å². The van der Waals surface area contributed by atoms with Gasteiger partial charge in [0.2, 0.25) is 0 Å². The molecule has 1 aliphatic heterocycles. The monoisotopic (exact) mass is 270 g/mol. The van der Waals surface area contributed by atoms with Crippen LogP contribution in [0.15, 0.2) is 42.5 Å². The Bertz CT molecular complexity index is 706. The van der Waals surface area contributed by atoms with Crippen LogP contribution in [0.1, 0.15) is 21.8 Å². The molecule has 5 heteroatoms. The van der Waals surface area contributed by atoms with Crippen LogP contribution in [-0.2, 0) is 4.79 Å². The summed E-state index contributed by atoms with van der Waals surface area (Å²) < 4.78 is 5.05.